The Balaban J connectivity index is 0.00000280. The van der Waals surface area contributed by atoms with E-state index in [0.717, 1.165) is 31.6 Å². The number of amides is 2. The molecule has 28 heavy (non-hydrogen) atoms. The average molecular weight is 405 g/mol. The number of rotatable bonds is 6. The molecule has 1 aromatic heterocycles. The highest BCUT2D eigenvalue weighted by Crippen LogP contribution is 2.21. The first-order chi connectivity index (χ1) is 13.1. The SMILES string of the molecule is C=CCNC(=O)c1ccc(NC(=O)c2nnn(C3CCNCC3)c2C)cc1.Cl. The van der Waals surface area contributed by atoms with Gasteiger partial charge in [0.15, 0.2) is 5.69 Å². The van der Waals surface area contributed by atoms with Gasteiger partial charge in [0.2, 0.25) is 0 Å². The van der Waals surface area contributed by atoms with Gasteiger partial charge in [-0.1, -0.05) is 11.3 Å². The van der Waals surface area contributed by atoms with Crippen molar-refractivity contribution >= 4 is 29.9 Å². The summed E-state index contributed by atoms with van der Waals surface area (Å²) in [6.45, 7) is 7.72. The van der Waals surface area contributed by atoms with E-state index in [9.17, 15) is 9.59 Å². The molecule has 0 aliphatic carbocycles. The molecule has 0 spiro atoms. The van der Waals surface area contributed by atoms with E-state index in [1.165, 1.54) is 0 Å². The Hall–Kier alpha value is -2.71. The fourth-order valence-corrected chi connectivity index (χ4v) is 3.11. The van der Waals surface area contributed by atoms with Crippen molar-refractivity contribution in [2.75, 3.05) is 25.0 Å². The summed E-state index contributed by atoms with van der Waals surface area (Å²) in [4.78, 5) is 24.4. The summed E-state index contributed by atoms with van der Waals surface area (Å²) in [5.74, 6) is -0.495. The maximum atomic E-state index is 12.6. The largest absolute Gasteiger partial charge is 0.349 e. The lowest BCUT2D eigenvalue weighted by Crippen LogP contribution is -2.30. The molecule has 2 heterocycles. The van der Waals surface area contributed by atoms with Gasteiger partial charge in [-0.25, -0.2) is 4.68 Å². The van der Waals surface area contributed by atoms with Crippen molar-refractivity contribution in [2.45, 2.75) is 25.8 Å². The molecule has 1 aliphatic rings. The van der Waals surface area contributed by atoms with Gasteiger partial charge in [0.1, 0.15) is 0 Å². The van der Waals surface area contributed by atoms with Gasteiger partial charge in [-0.15, -0.1) is 24.1 Å². The van der Waals surface area contributed by atoms with Crippen LogP contribution in [0.5, 0.6) is 0 Å². The van der Waals surface area contributed by atoms with Crippen molar-refractivity contribution in [3.63, 3.8) is 0 Å². The molecule has 0 radical (unpaired) electrons. The van der Waals surface area contributed by atoms with Crippen LogP contribution in [0.4, 0.5) is 5.69 Å². The zero-order valence-corrected chi connectivity index (χ0v) is 16.6. The third-order valence-corrected chi connectivity index (χ3v) is 4.61. The predicted molar refractivity (Wildman–Crippen MR) is 110 cm³/mol. The summed E-state index contributed by atoms with van der Waals surface area (Å²) >= 11 is 0. The van der Waals surface area contributed by atoms with Crippen LogP contribution in [-0.4, -0.2) is 46.4 Å². The van der Waals surface area contributed by atoms with Crippen molar-refractivity contribution in [1.29, 1.82) is 0 Å². The van der Waals surface area contributed by atoms with E-state index in [-0.39, 0.29) is 30.3 Å². The number of anilines is 1. The number of carbonyl (C=O) groups is 2. The van der Waals surface area contributed by atoms with E-state index in [1.54, 1.807) is 30.3 Å². The number of aromatic nitrogens is 3. The van der Waals surface area contributed by atoms with Crippen molar-refractivity contribution in [3.05, 3.63) is 53.9 Å². The Bertz CT molecular complexity index is 827. The molecule has 2 aromatic rings. The Kier molecular flexibility index (Phi) is 7.71. The normalized spacial score (nSPS) is 14.0. The number of nitrogens with one attached hydrogen (secondary N) is 3. The molecule has 2 amide bonds. The molecule has 150 valence electrons. The zero-order valence-electron chi connectivity index (χ0n) is 15.8. The second-order valence-electron chi connectivity index (χ2n) is 6.48. The van der Waals surface area contributed by atoms with Crippen molar-refractivity contribution in [2.24, 2.45) is 0 Å². The lowest BCUT2D eigenvalue weighted by Gasteiger charge is -2.23. The van der Waals surface area contributed by atoms with Crippen LogP contribution in [-0.2, 0) is 0 Å². The Morgan fingerprint density at radius 1 is 1.25 bits per heavy atom. The first-order valence-electron chi connectivity index (χ1n) is 9.03. The van der Waals surface area contributed by atoms with Gasteiger partial charge in [0.25, 0.3) is 11.8 Å². The fourth-order valence-electron chi connectivity index (χ4n) is 3.11. The lowest BCUT2D eigenvalue weighted by molar-refractivity contribution is 0.0957. The molecule has 1 aromatic carbocycles. The zero-order chi connectivity index (χ0) is 19.2. The van der Waals surface area contributed by atoms with Crippen LogP contribution in [0, 0.1) is 6.92 Å². The van der Waals surface area contributed by atoms with E-state index in [1.807, 2.05) is 11.6 Å². The first-order valence-corrected chi connectivity index (χ1v) is 9.03. The molecule has 8 nitrogen and oxygen atoms in total. The maximum absolute atomic E-state index is 12.6. The second-order valence-corrected chi connectivity index (χ2v) is 6.48. The summed E-state index contributed by atoms with van der Waals surface area (Å²) < 4.78 is 1.85. The molecule has 0 atom stereocenters. The quantitative estimate of drug-likeness (QED) is 0.640. The lowest BCUT2D eigenvalue weighted by atomic mass is 10.1. The van der Waals surface area contributed by atoms with Gasteiger partial charge in [-0.05, 0) is 57.1 Å². The Morgan fingerprint density at radius 2 is 1.93 bits per heavy atom. The standard InChI is InChI=1S/C19H24N6O2.ClH/c1-3-10-21-18(26)14-4-6-15(7-5-14)22-19(27)17-13(2)25(24-23-17)16-8-11-20-12-9-16;/h3-7,16,20H,1,8-12H2,2H3,(H,21,26)(H,22,27);1H. The van der Waals surface area contributed by atoms with E-state index < -0.39 is 0 Å². The fraction of sp³-hybridized carbons (Fsp3) is 0.368. The first kappa shape index (κ1) is 21.6. The van der Waals surface area contributed by atoms with Crippen LogP contribution in [0.3, 0.4) is 0 Å². The minimum atomic E-state index is -0.309. The van der Waals surface area contributed by atoms with E-state index in [4.69, 9.17) is 0 Å². The van der Waals surface area contributed by atoms with Crippen LogP contribution >= 0.6 is 12.4 Å². The van der Waals surface area contributed by atoms with Crippen molar-refractivity contribution < 1.29 is 9.59 Å². The average Bonchev–Trinajstić information content (AvgIpc) is 3.09. The van der Waals surface area contributed by atoms with Crippen molar-refractivity contribution in [1.82, 2.24) is 25.6 Å². The molecule has 9 heteroatoms. The van der Waals surface area contributed by atoms with E-state index in [0.29, 0.717) is 23.5 Å². The van der Waals surface area contributed by atoms with Crippen molar-refractivity contribution in [3.8, 4) is 0 Å². The molecule has 1 aliphatic heterocycles. The van der Waals surface area contributed by atoms with Crippen LogP contribution in [0.25, 0.3) is 0 Å². The maximum Gasteiger partial charge on any atom is 0.278 e. The summed E-state index contributed by atoms with van der Waals surface area (Å²) in [5.41, 5.74) is 2.19. The van der Waals surface area contributed by atoms with Crippen LogP contribution in [0.15, 0.2) is 36.9 Å². The van der Waals surface area contributed by atoms with E-state index in [2.05, 4.69) is 32.8 Å². The highest BCUT2D eigenvalue weighted by molar-refractivity contribution is 6.03. The number of nitrogens with zero attached hydrogens (tertiary/aromatic N) is 3. The molecule has 3 rings (SSSR count). The third kappa shape index (κ3) is 4.96. The topological polar surface area (TPSA) is 101 Å². The molecular formula is C19H25ClN6O2. The molecule has 0 saturated carbocycles. The highest BCUT2D eigenvalue weighted by Gasteiger charge is 2.23. The van der Waals surface area contributed by atoms with Gasteiger partial charge >= 0.3 is 0 Å². The summed E-state index contributed by atoms with van der Waals surface area (Å²) in [6, 6.07) is 6.97. The molecule has 0 unspecified atom stereocenters. The van der Waals surface area contributed by atoms with Crippen LogP contribution in [0.1, 0.15) is 45.4 Å². The van der Waals surface area contributed by atoms with Crippen LogP contribution < -0.4 is 16.0 Å². The number of carbonyl (C=O) groups excluding carboxylic acids is 2. The summed E-state index contributed by atoms with van der Waals surface area (Å²) in [6.07, 6.45) is 3.56. The molecule has 0 bridgehead atoms. The number of halogens is 1. The third-order valence-electron chi connectivity index (χ3n) is 4.61. The number of benzene rings is 1. The van der Waals surface area contributed by atoms with Gasteiger partial charge in [0.05, 0.1) is 11.7 Å². The van der Waals surface area contributed by atoms with Crippen LogP contribution in [0.2, 0.25) is 0 Å². The van der Waals surface area contributed by atoms with E-state index >= 15 is 0 Å². The molecule has 3 N–H and O–H groups in total. The minimum absolute atomic E-state index is 0. The Labute approximate surface area is 170 Å². The summed E-state index contributed by atoms with van der Waals surface area (Å²) in [7, 11) is 0. The monoisotopic (exact) mass is 404 g/mol. The van der Waals surface area contributed by atoms with Gasteiger partial charge in [-0.3, -0.25) is 9.59 Å². The number of piperidine rings is 1. The van der Waals surface area contributed by atoms with Gasteiger partial charge < -0.3 is 16.0 Å². The van der Waals surface area contributed by atoms with Gasteiger partial charge in [-0.2, -0.15) is 0 Å². The smallest absolute Gasteiger partial charge is 0.278 e. The number of hydrogen-bond donors (Lipinski definition) is 3. The second kappa shape index (κ2) is 10.0. The molecule has 1 saturated heterocycles. The molecule has 1 fully saturated rings. The minimum Gasteiger partial charge on any atom is -0.349 e. The molecular weight excluding hydrogens is 380 g/mol. The van der Waals surface area contributed by atoms with Gasteiger partial charge in [0, 0.05) is 17.8 Å². The summed E-state index contributed by atoms with van der Waals surface area (Å²) in [5, 5.41) is 17.1. The highest BCUT2D eigenvalue weighted by atomic mass is 35.5. The Morgan fingerprint density at radius 3 is 2.57 bits per heavy atom. The number of hydrogen-bond acceptors (Lipinski definition) is 5. The predicted octanol–water partition coefficient (Wildman–Crippen LogP) is 2.10.